The molecule has 0 bridgehead atoms. The number of hydrogen-bond acceptors (Lipinski definition) is 4. The van der Waals surface area contributed by atoms with Gasteiger partial charge in [0.2, 0.25) is 0 Å². The van der Waals surface area contributed by atoms with Crippen molar-refractivity contribution in [3.63, 3.8) is 0 Å². The second-order valence-corrected chi connectivity index (χ2v) is 6.68. The van der Waals surface area contributed by atoms with Crippen LogP contribution in [-0.2, 0) is 4.79 Å². The highest BCUT2D eigenvalue weighted by Gasteiger charge is 2.16. The van der Waals surface area contributed by atoms with Crippen LogP contribution in [0.5, 0.6) is 5.75 Å². The van der Waals surface area contributed by atoms with E-state index in [0.717, 1.165) is 9.37 Å². The minimum Gasteiger partial charge on any atom is -0.481 e. The maximum absolute atomic E-state index is 12.0. The number of carbonyl (C=O) groups excluding carboxylic acids is 2. The molecule has 1 atom stereocenters. The van der Waals surface area contributed by atoms with Crippen LogP contribution >= 0.6 is 27.7 Å². The molecule has 2 rings (SSSR count). The van der Waals surface area contributed by atoms with Gasteiger partial charge >= 0.3 is 0 Å². The molecule has 0 saturated heterocycles. The maximum atomic E-state index is 12.0. The van der Waals surface area contributed by atoms with E-state index in [1.807, 2.05) is 30.5 Å². The Morgan fingerprint density at radius 1 is 1.12 bits per heavy atom. The lowest BCUT2D eigenvalue weighted by atomic mass is 10.2. The number of hydrazine groups is 1. The summed E-state index contributed by atoms with van der Waals surface area (Å²) in [5.41, 5.74) is 5.21. The lowest BCUT2D eigenvalue weighted by molar-refractivity contribution is -0.128. The average Bonchev–Trinajstić information content (AvgIpc) is 2.59. The minimum atomic E-state index is -0.751. The van der Waals surface area contributed by atoms with Crippen LogP contribution in [0.3, 0.4) is 0 Å². The summed E-state index contributed by atoms with van der Waals surface area (Å²) in [5.74, 6) is -0.263. The first-order chi connectivity index (χ1) is 11.5. The third-order valence-corrected chi connectivity index (χ3v) is 4.37. The Hall–Kier alpha value is -1.99. The van der Waals surface area contributed by atoms with Gasteiger partial charge in [-0.1, -0.05) is 22.0 Å². The molecular formula is C17H17BrN2O3S. The van der Waals surface area contributed by atoms with E-state index in [2.05, 4.69) is 26.8 Å². The van der Waals surface area contributed by atoms with Gasteiger partial charge in [0.05, 0.1) is 0 Å². The summed E-state index contributed by atoms with van der Waals surface area (Å²) >= 11 is 4.93. The summed E-state index contributed by atoms with van der Waals surface area (Å²) in [6.07, 6.45) is 1.21. The van der Waals surface area contributed by atoms with Gasteiger partial charge in [-0.05, 0) is 55.6 Å². The zero-order chi connectivity index (χ0) is 17.5. The van der Waals surface area contributed by atoms with Crippen LogP contribution in [0.25, 0.3) is 0 Å². The van der Waals surface area contributed by atoms with Crippen molar-refractivity contribution in [2.24, 2.45) is 0 Å². The van der Waals surface area contributed by atoms with Gasteiger partial charge in [0.1, 0.15) is 5.75 Å². The van der Waals surface area contributed by atoms with Crippen LogP contribution in [0, 0.1) is 0 Å². The zero-order valence-electron chi connectivity index (χ0n) is 13.2. The fraction of sp³-hybridized carbons (Fsp3) is 0.176. The highest BCUT2D eigenvalue weighted by Crippen LogP contribution is 2.19. The predicted octanol–water partition coefficient (Wildman–Crippen LogP) is 3.40. The summed E-state index contributed by atoms with van der Waals surface area (Å²) in [6.45, 7) is 1.61. The normalized spacial score (nSPS) is 11.5. The molecule has 0 spiro atoms. The fourth-order valence-corrected chi connectivity index (χ4v) is 2.62. The molecule has 126 valence electrons. The molecular weight excluding hydrogens is 392 g/mol. The van der Waals surface area contributed by atoms with Crippen LogP contribution in [-0.4, -0.2) is 24.2 Å². The maximum Gasteiger partial charge on any atom is 0.279 e. The molecule has 0 unspecified atom stereocenters. The van der Waals surface area contributed by atoms with Crippen molar-refractivity contribution in [3.05, 3.63) is 58.6 Å². The van der Waals surface area contributed by atoms with Gasteiger partial charge in [-0.2, -0.15) is 0 Å². The lowest BCUT2D eigenvalue weighted by Gasteiger charge is -2.15. The van der Waals surface area contributed by atoms with Crippen molar-refractivity contribution in [1.29, 1.82) is 0 Å². The van der Waals surface area contributed by atoms with Crippen molar-refractivity contribution in [2.45, 2.75) is 17.9 Å². The molecule has 0 fully saturated rings. The molecule has 0 aromatic heterocycles. The number of hydrogen-bond donors (Lipinski definition) is 2. The molecule has 7 heteroatoms. The lowest BCUT2D eigenvalue weighted by Crippen LogP contribution is -2.47. The molecule has 24 heavy (non-hydrogen) atoms. The summed E-state index contributed by atoms with van der Waals surface area (Å²) in [7, 11) is 0. The van der Waals surface area contributed by atoms with Gasteiger partial charge in [-0.15, -0.1) is 11.8 Å². The van der Waals surface area contributed by atoms with Crippen LogP contribution < -0.4 is 15.6 Å². The SMILES string of the molecule is CSc1ccc(C(=O)NNC(=O)[C@@H](C)Oc2cccc(Br)c2)cc1. The van der Waals surface area contributed by atoms with Crippen molar-refractivity contribution in [3.8, 4) is 5.75 Å². The first kappa shape index (κ1) is 18.4. The number of ether oxygens (including phenoxy) is 1. The van der Waals surface area contributed by atoms with E-state index >= 15 is 0 Å². The Morgan fingerprint density at radius 2 is 1.83 bits per heavy atom. The van der Waals surface area contributed by atoms with E-state index in [0.29, 0.717) is 11.3 Å². The summed E-state index contributed by atoms with van der Waals surface area (Å²) in [5, 5.41) is 0. The van der Waals surface area contributed by atoms with Crippen LogP contribution in [0.1, 0.15) is 17.3 Å². The van der Waals surface area contributed by atoms with E-state index in [9.17, 15) is 9.59 Å². The highest BCUT2D eigenvalue weighted by molar-refractivity contribution is 9.10. The second kappa shape index (κ2) is 8.75. The number of carbonyl (C=O) groups is 2. The van der Waals surface area contributed by atoms with Crippen molar-refractivity contribution in [1.82, 2.24) is 10.9 Å². The fourth-order valence-electron chi connectivity index (χ4n) is 1.83. The Bertz CT molecular complexity index is 722. The van der Waals surface area contributed by atoms with Gasteiger partial charge in [0, 0.05) is 14.9 Å². The Kier molecular flexibility index (Phi) is 6.69. The van der Waals surface area contributed by atoms with E-state index in [4.69, 9.17) is 4.74 Å². The monoisotopic (exact) mass is 408 g/mol. The molecule has 2 aromatic rings. The predicted molar refractivity (Wildman–Crippen MR) is 98.1 cm³/mol. The number of halogens is 1. The Morgan fingerprint density at radius 3 is 2.46 bits per heavy atom. The number of rotatable bonds is 5. The molecule has 2 aromatic carbocycles. The number of thioether (sulfide) groups is 1. The van der Waals surface area contributed by atoms with E-state index in [1.165, 1.54) is 0 Å². The highest BCUT2D eigenvalue weighted by atomic mass is 79.9. The zero-order valence-corrected chi connectivity index (χ0v) is 15.6. The molecule has 0 aliphatic carbocycles. The molecule has 0 heterocycles. The quantitative estimate of drug-likeness (QED) is 0.587. The molecule has 5 nitrogen and oxygen atoms in total. The molecule has 0 aliphatic heterocycles. The Labute approximate surface area is 153 Å². The average molecular weight is 409 g/mol. The number of benzene rings is 2. The van der Waals surface area contributed by atoms with Gasteiger partial charge in [0.15, 0.2) is 6.10 Å². The standard InChI is InChI=1S/C17H17BrN2O3S/c1-11(23-14-5-3-4-13(18)10-14)16(21)19-20-17(22)12-6-8-15(24-2)9-7-12/h3-11H,1-2H3,(H,19,21)(H,20,22)/t11-/m1/s1. The van der Waals surface area contributed by atoms with Crippen LogP contribution in [0.15, 0.2) is 57.9 Å². The van der Waals surface area contributed by atoms with Crippen LogP contribution in [0.4, 0.5) is 0 Å². The van der Waals surface area contributed by atoms with Crippen LogP contribution in [0.2, 0.25) is 0 Å². The number of nitrogens with one attached hydrogen (secondary N) is 2. The summed E-state index contributed by atoms with van der Waals surface area (Å²) in [4.78, 5) is 25.1. The molecule has 2 N–H and O–H groups in total. The van der Waals surface area contributed by atoms with E-state index < -0.39 is 12.0 Å². The van der Waals surface area contributed by atoms with E-state index in [1.54, 1.807) is 43.0 Å². The number of amides is 2. The molecule has 2 amide bonds. The van der Waals surface area contributed by atoms with Gasteiger partial charge < -0.3 is 4.74 Å². The van der Waals surface area contributed by atoms with Gasteiger partial charge in [0.25, 0.3) is 11.8 Å². The van der Waals surface area contributed by atoms with E-state index in [-0.39, 0.29) is 5.91 Å². The third kappa shape index (κ3) is 5.28. The molecule has 0 radical (unpaired) electrons. The van der Waals surface area contributed by atoms with Crippen molar-refractivity contribution in [2.75, 3.05) is 6.26 Å². The summed E-state index contributed by atoms with van der Waals surface area (Å²) in [6, 6.07) is 14.3. The minimum absolute atomic E-state index is 0.384. The second-order valence-electron chi connectivity index (χ2n) is 4.89. The summed E-state index contributed by atoms with van der Waals surface area (Å²) < 4.78 is 6.39. The molecule has 0 saturated carbocycles. The topological polar surface area (TPSA) is 67.4 Å². The smallest absolute Gasteiger partial charge is 0.279 e. The van der Waals surface area contributed by atoms with Crippen molar-refractivity contribution >= 4 is 39.5 Å². The largest absolute Gasteiger partial charge is 0.481 e. The van der Waals surface area contributed by atoms with Crippen molar-refractivity contribution < 1.29 is 14.3 Å². The van der Waals surface area contributed by atoms with Gasteiger partial charge in [-0.3, -0.25) is 20.4 Å². The van der Waals surface area contributed by atoms with Gasteiger partial charge in [-0.25, -0.2) is 0 Å². The molecule has 0 aliphatic rings. The Balaban J connectivity index is 1.86. The first-order valence-corrected chi connectivity index (χ1v) is 9.18. The first-order valence-electron chi connectivity index (χ1n) is 7.16. The third-order valence-electron chi connectivity index (χ3n) is 3.13.